The van der Waals surface area contributed by atoms with E-state index in [0.717, 1.165) is 9.87 Å². The van der Waals surface area contributed by atoms with Gasteiger partial charge in [-0.2, -0.15) is 0 Å². The molecule has 2 amide bonds. The van der Waals surface area contributed by atoms with Gasteiger partial charge in [-0.15, -0.1) is 0 Å². The molecule has 0 radical (unpaired) electrons. The number of anilines is 1. The number of hydrogen-bond acceptors (Lipinski definition) is 4. The summed E-state index contributed by atoms with van der Waals surface area (Å²) < 4.78 is 29.3. The van der Waals surface area contributed by atoms with E-state index in [1.54, 1.807) is 61.5 Å². The zero-order chi connectivity index (χ0) is 32.7. The zero-order valence-corrected chi connectivity index (χ0v) is 28.2. The van der Waals surface area contributed by atoms with Gasteiger partial charge >= 0.3 is 0 Å². The first kappa shape index (κ1) is 34.3. The molecule has 4 aromatic carbocycles. The van der Waals surface area contributed by atoms with Gasteiger partial charge in [0.1, 0.15) is 12.6 Å². The summed E-state index contributed by atoms with van der Waals surface area (Å²) in [5.74, 6) is -0.997. The zero-order valence-electron chi connectivity index (χ0n) is 25.1. The number of rotatable bonds is 12. The first-order chi connectivity index (χ1) is 21.4. The van der Waals surface area contributed by atoms with Crippen LogP contribution >= 0.6 is 34.8 Å². The van der Waals surface area contributed by atoms with Gasteiger partial charge in [-0.05, 0) is 73.9 Å². The molecule has 0 bridgehead atoms. The van der Waals surface area contributed by atoms with Crippen LogP contribution in [0.5, 0.6) is 0 Å². The van der Waals surface area contributed by atoms with Crippen molar-refractivity contribution in [2.24, 2.45) is 0 Å². The van der Waals surface area contributed by atoms with Crippen molar-refractivity contribution < 1.29 is 18.0 Å². The molecule has 0 aliphatic carbocycles. The molecule has 0 aliphatic rings. The molecule has 45 heavy (non-hydrogen) atoms. The average Bonchev–Trinajstić information content (AvgIpc) is 3.00. The Morgan fingerprint density at radius 1 is 0.822 bits per heavy atom. The minimum atomic E-state index is -4.25. The monoisotopic (exact) mass is 685 g/mol. The molecule has 0 saturated carbocycles. The Labute approximate surface area is 279 Å². The van der Waals surface area contributed by atoms with E-state index in [-0.39, 0.29) is 35.5 Å². The van der Waals surface area contributed by atoms with Gasteiger partial charge in [0.25, 0.3) is 10.0 Å². The third kappa shape index (κ3) is 8.58. The molecule has 11 heteroatoms. The summed E-state index contributed by atoms with van der Waals surface area (Å²) in [7, 11) is -4.25. The lowest BCUT2D eigenvalue weighted by Crippen LogP contribution is -2.54. The molecule has 4 aromatic rings. The van der Waals surface area contributed by atoms with Crippen LogP contribution in [0.15, 0.2) is 102 Å². The van der Waals surface area contributed by atoms with E-state index in [1.807, 2.05) is 44.2 Å². The van der Waals surface area contributed by atoms with Crippen LogP contribution in [0.1, 0.15) is 30.5 Å². The highest BCUT2D eigenvalue weighted by Crippen LogP contribution is 2.32. The highest BCUT2D eigenvalue weighted by Gasteiger charge is 2.35. The standard InChI is InChI=1S/C34H34Cl3N3O4S/c1-23(2)38-34(42)32(19-25-11-6-4-7-12-25)39(21-26-17-18-27(35)20-30(26)37)33(41)22-40(31-16-10-15-29(36)24(31)3)45(43,44)28-13-8-5-9-14-28/h4-18,20,23,32H,19,21-22H2,1-3H3,(H,38,42)/t32-/m0/s1. The van der Waals surface area contributed by atoms with Crippen LogP contribution in [-0.4, -0.2) is 43.8 Å². The Kier molecular flexibility index (Phi) is 11.6. The molecule has 4 rings (SSSR count). The molecule has 7 nitrogen and oxygen atoms in total. The largest absolute Gasteiger partial charge is 0.352 e. The normalized spacial score (nSPS) is 12.1. The van der Waals surface area contributed by atoms with Crippen molar-refractivity contribution >= 4 is 62.3 Å². The molecule has 236 valence electrons. The predicted molar refractivity (Wildman–Crippen MR) is 181 cm³/mol. The average molecular weight is 687 g/mol. The second-order valence-corrected chi connectivity index (χ2v) is 13.9. The van der Waals surface area contributed by atoms with Gasteiger partial charge < -0.3 is 10.2 Å². The fourth-order valence-corrected chi connectivity index (χ4v) is 7.00. The molecule has 0 fully saturated rings. The molecule has 0 unspecified atom stereocenters. The number of benzene rings is 4. The van der Waals surface area contributed by atoms with Crippen LogP contribution in [0.3, 0.4) is 0 Å². The van der Waals surface area contributed by atoms with Gasteiger partial charge in [-0.3, -0.25) is 13.9 Å². The SMILES string of the molecule is Cc1c(Cl)cccc1N(CC(=O)N(Cc1ccc(Cl)cc1Cl)[C@@H](Cc1ccccc1)C(=O)NC(C)C)S(=O)(=O)c1ccccc1. The highest BCUT2D eigenvalue weighted by atomic mass is 35.5. The van der Waals surface area contributed by atoms with Crippen molar-refractivity contribution in [2.45, 2.75) is 50.7 Å². The lowest BCUT2D eigenvalue weighted by Gasteiger charge is -2.34. The first-order valence-corrected chi connectivity index (χ1v) is 16.9. The summed E-state index contributed by atoms with van der Waals surface area (Å²) in [6.45, 7) is 4.66. The lowest BCUT2D eigenvalue weighted by atomic mass is 10.0. The first-order valence-electron chi connectivity index (χ1n) is 14.3. The molecule has 0 aromatic heterocycles. The quantitative estimate of drug-likeness (QED) is 0.169. The van der Waals surface area contributed by atoms with E-state index in [1.165, 1.54) is 17.0 Å². The smallest absolute Gasteiger partial charge is 0.264 e. The Bertz CT molecular complexity index is 1750. The van der Waals surface area contributed by atoms with Crippen LogP contribution in [0.4, 0.5) is 5.69 Å². The molecular formula is C34H34Cl3N3O4S. The van der Waals surface area contributed by atoms with Gasteiger partial charge in [-0.1, -0.05) is 95.5 Å². The molecule has 0 aliphatic heterocycles. The van der Waals surface area contributed by atoms with E-state index in [4.69, 9.17) is 34.8 Å². The molecule has 0 saturated heterocycles. The van der Waals surface area contributed by atoms with Gasteiger partial charge in [0.05, 0.1) is 10.6 Å². The third-order valence-electron chi connectivity index (χ3n) is 7.18. The summed E-state index contributed by atoms with van der Waals surface area (Å²) >= 11 is 19.1. The Morgan fingerprint density at radius 2 is 1.47 bits per heavy atom. The van der Waals surface area contributed by atoms with Crippen molar-refractivity contribution in [2.75, 3.05) is 10.8 Å². The van der Waals surface area contributed by atoms with Crippen molar-refractivity contribution in [1.29, 1.82) is 0 Å². The second-order valence-electron chi connectivity index (χ2n) is 10.8. The Morgan fingerprint density at radius 3 is 2.09 bits per heavy atom. The highest BCUT2D eigenvalue weighted by molar-refractivity contribution is 7.92. The van der Waals surface area contributed by atoms with Gasteiger partial charge in [0.15, 0.2) is 0 Å². The maximum absolute atomic E-state index is 14.5. The minimum absolute atomic E-state index is 0.00265. The van der Waals surface area contributed by atoms with Crippen molar-refractivity contribution in [3.8, 4) is 0 Å². The third-order valence-corrected chi connectivity index (χ3v) is 9.95. The molecule has 1 atom stereocenters. The van der Waals surface area contributed by atoms with E-state index in [2.05, 4.69) is 5.32 Å². The minimum Gasteiger partial charge on any atom is -0.352 e. The van der Waals surface area contributed by atoms with E-state index in [9.17, 15) is 18.0 Å². The number of halogens is 3. The fourth-order valence-electron chi connectivity index (χ4n) is 4.87. The van der Waals surface area contributed by atoms with Crippen LogP contribution in [0, 0.1) is 6.92 Å². The van der Waals surface area contributed by atoms with E-state index >= 15 is 0 Å². The summed E-state index contributed by atoms with van der Waals surface area (Å²) in [4.78, 5) is 29.7. The fraction of sp³-hybridized carbons (Fsp3) is 0.235. The number of nitrogens with one attached hydrogen (secondary N) is 1. The van der Waals surface area contributed by atoms with Gasteiger partial charge in [-0.25, -0.2) is 8.42 Å². The van der Waals surface area contributed by atoms with Crippen LogP contribution < -0.4 is 9.62 Å². The topological polar surface area (TPSA) is 86.8 Å². The summed E-state index contributed by atoms with van der Waals surface area (Å²) in [5, 5.41) is 3.99. The number of hydrogen-bond donors (Lipinski definition) is 1. The summed E-state index contributed by atoms with van der Waals surface area (Å²) in [6.07, 6.45) is 0.179. The molecule has 0 heterocycles. The van der Waals surface area contributed by atoms with Crippen LogP contribution in [0.2, 0.25) is 15.1 Å². The number of amides is 2. The van der Waals surface area contributed by atoms with Crippen molar-refractivity contribution in [3.63, 3.8) is 0 Å². The van der Waals surface area contributed by atoms with Crippen LogP contribution in [-0.2, 0) is 32.6 Å². The summed E-state index contributed by atoms with van der Waals surface area (Å²) in [5.41, 5.74) is 2.09. The summed E-state index contributed by atoms with van der Waals surface area (Å²) in [6, 6.07) is 25.7. The second kappa shape index (κ2) is 15.1. The molecule has 0 spiro atoms. The van der Waals surface area contributed by atoms with Crippen LogP contribution in [0.25, 0.3) is 0 Å². The molecule has 1 N–H and O–H groups in total. The number of carbonyl (C=O) groups is 2. The van der Waals surface area contributed by atoms with Crippen molar-refractivity contribution in [3.05, 3.63) is 129 Å². The number of sulfonamides is 1. The van der Waals surface area contributed by atoms with E-state index < -0.39 is 28.5 Å². The van der Waals surface area contributed by atoms with E-state index in [0.29, 0.717) is 26.2 Å². The molecular weight excluding hydrogens is 653 g/mol. The Balaban J connectivity index is 1.85. The number of nitrogens with zero attached hydrogens (tertiary/aromatic N) is 2. The lowest BCUT2D eigenvalue weighted by molar-refractivity contribution is -0.140. The van der Waals surface area contributed by atoms with Crippen molar-refractivity contribution in [1.82, 2.24) is 10.2 Å². The number of carbonyl (C=O) groups excluding carboxylic acids is 2. The van der Waals surface area contributed by atoms with Gasteiger partial charge in [0, 0.05) is 34.1 Å². The Hall–Kier alpha value is -3.56. The maximum Gasteiger partial charge on any atom is 0.264 e. The predicted octanol–water partition coefficient (Wildman–Crippen LogP) is 7.32. The van der Waals surface area contributed by atoms with Gasteiger partial charge in [0.2, 0.25) is 11.8 Å². The maximum atomic E-state index is 14.5.